The Balaban J connectivity index is 2.08. The highest BCUT2D eigenvalue weighted by Gasteiger charge is 2.40. The normalized spacial score (nSPS) is 20.1. The fourth-order valence-electron chi connectivity index (χ4n) is 3.28. The summed E-state index contributed by atoms with van der Waals surface area (Å²) in [4.78, 5) is 16.6. The smallest absolute Gasteiger partial charge is 0.253 e. The molecule has 0 bridgehead atoms. The van der Waals surface area contributed by atoms with Crippen LogP contribution in [-0.4, -0.2) is 52.7 Å². The van der Waals surface area contributed by atoms with Crippen LogP contribution in [0.5, 0.6) is 11.5 Å². The summed E-state index contributed by atoms with van der Waals surface area (Å²) in [5.74, 6) is 0.422. The van der Waals surface area contributed by atoms with Crippen molar-refractivity contribution in [3.63, 3.8) is 0 Å². The van der Waals surface area contributed by atoms with Crippen LogP contribution in [0.1, 0.15) is 38.3 Å². The van der Waals surface area contributed by atoms with Gasteiger partial charge in [-0.3, -0.25) is 4.79 Å². The number of amides is 1. The topological polar surface area (TPSA) is 65.0 Å². The van der Waals surface area contributed by atoms with Crippen molar-refractivity contribution >= 4 is 23.2 Å². The summed E-state index contributed by atoms with van der Waals surface area (Å²) in [6, 6.07) is 5.14. The average molecular weight is 375 g/mol. The number of hydrogen-bond acceptors (Lipinski definition) is 4. The molecule has 26 heavy (non-hydrogen) atoms. The van der Waals surface area contributed by atoms with E-state index < -0.39 is 0 Å². The second kappa shape index (κ2) is 7.15. The van der Waals surface area contributed by atoms with Crippen molar-refractivity contribution in [3.8, 4) is 11.5 Å². The number of nitrogens with zero attached hydrogens (tertiary/aromatic N) is 2. The van der Waals surface area contributed by atoms with Gasteiger partial charge in [-0.25, -0.2) is 0 Å². The fourth-order valence-corrected chi connectivity index (χ4v) is 3.68. The highest BCUT2D eigenvalue weighted by molar-refractivity contribution is 7.80. The Hall–Kier alpha value is -2.28. The first-order valence-electron chi connectivity index (χ1n) is 8.83. The summed E-state index contributed by atoms with van der Waals surface area (Å²) >= 11 is 5.59. The zero-order valence-electron chi connectivity index (χ0n) is 15.6. The maximum atomic E-state index is 12.9. The van der Waals surface area contributed by atoms with Crippen molar-refractivity contribution in [1.82, 2.24) is 15.1 Å². The first-order valence-corrected chi connectivity index (χ1v) is 9.23. The zero-order valence-corrected chi connectivity index (χ0v) is 16.4. The van der Waals surface area contributed by atoms with Gasteiger partial charge in [-0.05, 0) is 56.6 Å². The number of likely N-dealkylation sites (N-methyl/N-ethyl adjacent to an activating group) is 1. The molecule has 3 rings (SSSR count). The maximum Gasteiger partial charge on any atom is 0.253 e. The highest BCUT2D eigenvalue weighted by atomic mass is 32.1. The molecule has 0 spiro atoms. The third-order valence-corrected chi connectivity index (χ3v) is 5.01. The summed E-state index contributed by atoms with van der Waals surface area (Å²) in [6.45, 7) is 4.26. The third kappa shape index (κ3) is 3.35. The lowest BCUT2D eigenvalue weighted by molar-refractivity contribution is -0.125. The molecule has 6 nitrogen and oxygen atoms in total. The molecule has 1 fully saturated rings. The van der Waals surface area contributed by atoms with Crippen LogP contribution in [0.3, 0.4) is 0 Å². The van der Waals surface area contributed by atoms with Crippen molar-refractivity contribution < 1.29 is 14.6 Å². The van der Waals surface area contributed by atoms with Crippen molar-refractivity contribution in [2.45, 2.75) is 38.8 Å². The number of aromatic hydroxyl groups is 1. The molecular weight excluding hydrogens is 350 g/mol. The molecule has 0 radical (unpaired) electrons. The second-order valence-corrected chi connectivity index (χ2v) is 7.23. The van der Waals surface area contributed by atoms with E-state index in [1.165, 1.54) is 0 Å². The number of phenolic OH excluding ortho intramolecular Hbond substituents is 1. The van der Waals surface area contributed by atoms with Crippen LogP contribution >= 0.6 is 12.2 Å². The van der Waals surface area contributed by atoms with Gasteiger partial charge < -0.3 is 25.0 Å². The van der Waals surface area contributed by atoms with E-state index in [0.29, 0.717) is 29.1 Å². The lowest BCUT2D eigenvalue weighted by atomic mass is 9.93. The molecule has 1 unspecified atom stereocenters. The molecule has 1 aliphatic heterocycles. The molecule has 0 saturated heterocycles. The minimum absolute atomic E-state index is 0.0563. The van der Waals surface area contributed by atoms with Crippen LogP contribution < -0.4 is 10.1 Å². The minimum atomic E-state index is -0.382. The van der Waals surface area contributed by atoms with E-state index in [-0.39, 0.29) is 17.7 Å². The van der Waals surface area contributed by atoms with Crippen LogP contribution in [0.2, 0.25) is 0 Å². The van der Waals surface area contributed by atoms with Crippen LogP contribution in [0.15, 0.2) is 29.5 Å². The lowest BCUT2D eigenvalue weighted by Crippen LogP contribution is -2.49. The largest absolute Gasteiger partial charge is 0.504 e. The molecule has 1 amide bonds. The second-order valence-electron chi connectivity index (χ2n) is 6.84. The van der Waals surface area contributed by atoms with Gasteiger partial charge in [0.2, 0.25) is 0 Å². The molecule has 2 N–H and O–H groups in total. The van der Waals surface area contributed by atoms with Crippen molar-refractivity contribution in [2.24, 2.45) is 0 Å². The number of nitrogens with one attached hydrogen (secondary N) is 1. The van der Waals surface area contributed by atoms with Crippen LogP contribution in [0.25, 0.3) is 0 Å². The molecular formula is C19H25N3O3S. The van der Waals surface area contributed by atoms with E-state index >= 15 is 0 Å². The molecule has 1 aromatic carbocycles. The molecule has 1 saturated carbocycles. The molecule has 1 aliphatic carbocycles. The number of carbonyl (C=O) groups excluding carboxylic acids is 1. The van der Waals surface area contributed by atoms with Crippen LogP contribution in [0, 0.1) is 0 Å². The first-order chi connectivity index (χ1) is 12.3. The van der Waals surface area contributed by atoms with Crippen molar-refractivity contribution in [1.29, 1.82) is 0 Å². The van der Waals surface area contributed by atoms with Crippen molar-refractivity contribution in [2.75, 3.05) is 20.7 Å². The fraction of sp³-hybridized carbons (Fsp3) is 0.474. The SMILES string of the molecule is CCOc1cc(C2NC(=S)N(C3CC3)C(C)=C2C(=O)N(C)C)ccc1O. The van der Waals surface area contributed by atoms with Gasteiger partial charge in [0, 0.05) is 25.8 Å². The quantitative estimate of drug-likeness (QED) is 0.771. The van der Waals surface area contributed by atoms with Gasteiger partial charge in [0.1, 0.15) is 0 Å². The van der Waals surface area contributed by atoms with E-state index in [4.69, 9.17) is 17.0 Å². The summed E-state index contributed by atoms with van der Waals surface area (Å²) < 4.78 is 5.50. The van der Waals surface area contributed by atoms with Gasteiger partial charge in [0.15, 0.2) is 16.6 Å². The Morgan fingerprint density at radius 2 is 2.12 bits per heavy atom. The number of phenols is 1. The minimum Gasteiger partial charge on any atom is -0.504 e. The highest BCUT2D eigenvalue weighted by Crippen LogP contribution is 2.39. The predicted octanol–water partition coefficient (Wildman–Crippen LogP) is 2.55. The third-order valence-electron chi connectivity index (χ3n) is 4.69. The average Bonchev–Trinajstić information content (AvgIpc) is 3.41. The molecule has 7 heteroatoms. The Kier molecular flexibility index (Phi) is 5.09. The summed E-state index contributed by atoms with van der Waals surface area (Å²) in [5.41, 5.74) is 2.39. The molecule has 2 aliphatic rings. The number of ether oxygens (including phenoxy) is 1. The zero-order chi connectivity index (χ0) is 19.0. The van der Waals surface area contributed by atoms with Gasteiger partial charge in [-0.2, -0.15) is 0 Å². The summed E-state index contributed by atoms with van der Waals surface area (Å²) in [6.07, 6.45) is 2.17. The number of rotatable bonds is 5. The predicted molar refractivity (Wildman–Crippen MR) is 104 cm³/mol. The van der Waals surface area contributed by atoms with Gasteiger partial charge >= 0.3 is 0 Å². The molecule has 1 aromatic rings. The number of carbonyl (C=O) groups is 1. The van der Waals surface area contributed by atoms with Crippen molar-refractivity contribution in [3.05, 3.63) is 35.0 Å². The number of benzene rings is 1. The van der Waals surface area contributed by atoms with E-state index in [1.54, 1.807) is 37.2 Å². The Morgan fingerprint density at radius 1 is 1.42 bits per heavy atom. The molecule has 140 valence electrons. The maximum absolute atomic E-state index is 12.9. The summed E-state index contributed by atoms with van der Waals surface area (Å²) in [7, 11) is 3.49. The molecule has 1 heterocycles. The number of thiocarbonyl (C=S) groups is 1. The van der Waals surface area contributed by atoms with Gasteiger partial charge in [-0.15, -0.1) is 0 Å². The van der Waals surface area contributed by atoms with E-state index in [1.807, 2.05) is 13.8 Å². The Morgan fingerprint density at radius 3 is 2.69 bits per heavy atom. The van der Waals surface area contributed by atoms with Gasteiger partial charge in [0.05, 0.1) is 18.2 Å². The summed E-state index contributed by atoms with van der Waals surface area (Å²) in [5, 5.41) is 13.9. The van der Waals surface area contributed by atoms with E-state index in [2.05, 4.69) is 10.2 Å². The standard InChI is InChI=1S/C19H25N3O3S/c1-5-25-15-10-12(6-9-14(15)23)17-16(18(24)21(3)4)11(2)22(13-7-8-13)19(26)20-17/h6,9-10,13,17,23H,5,7-8H2,1-4H3,(H,20,26). The Labute approximate surface area is 159 Å². The Bertz CT molecular complexity index is 771. The van der Waals surface area contributed by atoms with Crippen LogP contribution in [-0.2, 0) is 4.79 Å². The van der Waals surface area contributed by atoms with E-state index in [9.17, 15) is 9.90 Å². The van der Waals surface area contributed by atoms with Gasteiger partial charge in [0.25, 0.3) is 5.91 Å². The van der Waals surface area contributed by atoms with Gasteiger partial charge in [-0.1, -0.05) is 6.07 Å². The molecule has 1 atom stereocenters. The first kappa shape index (κ1) is 18.5. The number of hydrogen-bond donors (Lipinski definition) is 2. The van der Waals surface area contributed by atoms with E-state index in [0.717, 1.165) is 24.1 Å². The monoisotopic (exact) mass is 375 g/mol. The van der Waals surface area contributed by atoms with Crippen LogP contribution in [0.4, 0.5) is 0 Å². The lowest BCUT2D eigenvalue weighted by Gasteiger charge is -2.38. The molecule has 0 aromatic heterocycles. The number of allylic oxidation sites excluding steroid dienone is 1.